The van der Waals surface area contributed by atoms with Gasteiger partial charge in [-0.15, -0.1) is 0 Å². The Hall–Kier alpha value is -1.80. The van der Waals surface area contributed by atoms with Crippen LogP contribution < -0.4 is 5.32 Å². The molecule has 0 aliphatic carbocycles. The van der Waals surface area contributed by atoms with Gasteiger partial charge in [0.25, 0.3) is 0 Å². The summed E-state index contributed by atoms with van der Waals surface area (Å²) >= 11 is 0. The molecule has 0 amide bonds. The molecule has 0 radical (unpaired) electrons. The highest BCUT2D eigenvalue weighted by molar-refractivity contribution is 5.58. The number of hydrogen-bond donors (Lipinski definition) is 1. The highest BCUT2D eigenvalue weighted by Crippen LogP contribution is 2.49. The van der Waals surface area contributed by atoms with Gasteiger partial charge in [-0.2, -0.15) is 0 Å². The first-order chi connectivity index (χ1) is 10.9. The predicted octanol–water partition coefficient (Wildman–Crippen LogP) is 4.88. The van der Waals surface area contributed by atoms with Crippen molar-refractivity contribution < 1.29 is 4.74 Å². The molecule has 0 spiro atoms. The van der Waals surface area contributed by atoms with E-state index in [1.54, 1.807) is 0 Å². The lowest BCUT2D eigenvalue weighted by molar-refractivity contribution is -0.0381. The van der Waals surface area contributed by atoms with Gasteiger partial charge in [0.2, 0.25) is 0 Å². The first kappa shape index (κ1) is 13.8. The Morgan fingerprint density at radius 2 is 2.00 bits per heavy atom. The van der Waals surface area contributed by atoms with Crippen molar-refractivity contribution in [2.45, 2.75) is 38.3 Å². The molecule has 2 heteroatoms. The van der Waals surface area contributed by atoms with Crippen molar-refractivity contribution in [1.29, 1.82) is 0 Å². The summed E-state index contributed by atoms with van der Waals surface area (Å²) in [6.45, 7) is 3.10. The molecule has 2 aliphatic heterocycles. The molecule has 2 aromatic rings. The molecule has 22 heavy (non-hydrogen) atoms. The average molecular weight is 293 g/mol. The maximum atomic E-state index is 6.22. The van der Waals surface area contributed by atoms with Gasteiger partial charge in [0.15, 0.2) is 0 Å². The van der Waals surface area contributed by atoms with Crippen LogP contribution >= 0.6 is 0 Å². The van der Waals surface area contributed by atoms with Gasteiger partial charge in [0.05, 0.1) is 12.1 Å². The van der Waals surface area contributed by atoms with E-state index in [0.29, 0.717) is 12.0 Å². The maximum Gasteiger partial charge on any atom is 0.0895 e. The second-order valence-corrected chi connectivity index (χ2v) is 6.41. The molecule has 0 saturated carbocycles. The second kappa shape index (κ2) is 5.77. The van der Waals surface area contributed by atoms with E-state index in [-0.39, 0.29) is 6.10 Å². The lowest BCUT2D eigenvalue weighted by Crippen LogP contribution is -2.36. The van der Waals surface area contributed by atoms with Crippen molar-refractivity contribution in [3.63, 3.8) is 0 Å². The maximum absolute atomic E-state index is 6.22. The van der Waals surface area contributed by atoms with Crippen LogP contribution in [0.5, 0.6) is 0 Å². The zero-order valence-corrected chi connectivity index (χ0v) is 13.1. The number of fused-ring (bicyclic) bond motifs is 3. The smallest absolute Gasteiger partial charge is 0.0895 e. The minimum atomic E-state index is 0.238. The number of aryl methyl sites for hydroxylation is 1. The number of nitrogens with one attached hydrogen (secondary N) is 1. The number of ether oxygens (including phenoxy) is 1. The molecular weight excluding hydrogens is 270 g/mol. The third-order valence-electron chi connectivity index (χ3n) is 5.10. The van der Waals surface area contributed by atoms with Gasteiger partial charge in [-0.3, -0.25) is 0 Å². The van der Waals surface area contributed by atoms with Crippen LogP contribution in [0.4, 0.5) is 5.69 Å². The van der Waals surface area contributed by atoms with E-state index >= 15 is 0 Å². The Morgan fingerprint density at radius 3 is 2.82 bits per heavy atom. The van der Waals surface area contributed by atoms with Gasteiger partial charge in [0, 0.05) is 23.8 Å². The van der Waals surface area contributed by atoms with Gasteiger partial charge >= 0.3 is 0 Å². The molecule has 3 atom stereocenters. The number of anilines is 1. The Morgan fingerprint density at radius 1 is 1.14 bits per heavy atom. The quantitative estimate of drug-likeness (QED) is 0.851. The third kappa shape index (κ3) is 2.32. The Labute approximate surface area is 132 Å². The average Bonchev–Trinajstić information content (AvgIpc) is 2.61. The summed E-state index contributed by atoms with van der Waals surface area (Å²) < 4.78 is 6.22. The summed E-state index contributed by atoms with van der Waals surface area (Å²) in [6, 6.07) is 18.0. The Bertz CT molecular complexity index is 652. The van der Waals surface area contributed by atoms with E-state index in [1.807, 2.05) is 0 Å². The first-order valence-corrected chi connectivity index (χ1v) is 8.42. The van der Waals surface area contributed by atoms with Gasteiger partial charge in [-0.1, -0.05) is 49.4 Å². The Kier molecular flexibility index (Phi) is 3.63. The van der Waals surface area contributed by atoms with E-state index in [4.69, 9.17) is 4.74 Å². The molecular formula is C20H23NO. The largest absolute Gasteiger partial charge is 0.378 e. The first-order valence-electron chi connectivity index (χ1n) is 8.42. The molecule has 1 N–H and O–H groups in total. The lowest BCUT2D eigenvalue weighted by atomic mass is 9.77. The minimum Gasteiger partial charge on any atom is -0.378 e. The summed E-state index contributed by atoms with van der Waals surface area (Å²) in [5.41, 5.74) is 5.37. The van der Waals surface area contributed by atoms with Crippen LogP contribution in [0, 0.1) is 5.92 Å². The topological polar surface area (TPSA) is 21.3 Å². The summed E-state index contributed by atoms with van der Waals surface area (Å²) in [4.78, 5) is 0. The summed E-state index contributed by atoms with van der Waals surface area (Å²) in [5, 5.41) is 3.78. The predicted molar refractivity (Wildman–Crippen MR) is 90.0 cm³/mol. The molecule has 1 saturated heterocycles. The van der Waals surface area contributed by atoms with Gasteiger partial charge in [-0.25, -0.2) is 0 Å². The normalized spacial score (nSPS) is 26.7. The number of rotatable bonds is 2. The van der Waals surface area contributed by atoms with Crippen molar-refractivity contribution >= 4 is 5.69 Å². The lowest BCUT2D eigenvalue weighted by Gasteiger charge is -2.43. The molecule has 2 heterocycles. The van der Waals surface area contributed by atoms with Gasteiger partial charge in [0.1, 0.15) is 0 Å². The summed E-state index contributed by atoms with van der Waals surface area (Å²) in [5.74, 6) is 0.524. The molecule has 1 fully saturated rings. The van der Waals surface area contributed by atoms with Crippen molar-refractivity contribution in [2.75, 3.05) is 11.9 Å². The molecule has 114 valence electrons. The van der Waals surface area contributed by atoms with Crippen molar-refractivity contribution in [2.24, 2.45) is 5.92 Å². The second-order valence-electron chi connectivity index (χ2n) is 6.41. The van der Waals surface area contributed by atoms with Crippen LogP contribution in [0.2, 0.25) is 0 Å². The van der Waals surface area contributed by atoms with E-state index in [2.05, 4.69) is 60.8 Å². The van der Waals surface area contributed by atoms with Crippen LogP contribution in [0.3, 0.4) is 0 Å². The highest BCUT2D eigenvalue weighted by Gasteiger charge is 2.39. The molecule has 0 aromatic heterocycles. The highest BCUT2D eigenvalue weighted by atomic mass is 16.5. The van der Waals surface area contributed by atoms with Crippen molar-refractivity contribution in [1.82, 2.24) is 0 Å². The molecule has 1 unspecified atom stereocenters. The SMILES string of the molecule is CCc1ccc2c(c1)C1OCCC[C@H]1[C@H](c1ccccc1)N2. The molecule has 0 bridgehead atoms. The van der Waals surface area contributed by atoms with E-state index < -0.39 is 0 Å². The molecule has 2 aliphatic rings. The van der Waals surface area contributed by atoms with Crippen LogP contribution in [0.1, 0.15) is 48.6 Å². The van der Waals surface area contributed by atoms with Gasteiger partial charge < -0.3 is 10.1 Å². The fraction of sp³-hybridized carbons (Fsp3) is 0.400. The summed E-state index contributed by atoms with van der Waals surface area (Å²) in [7, 11) is 0. The standard InChI is InChI=1S/C20H23NO/c1-2-14-10-11-18-17(13-14)20-16(9-6-12-22-20)19(21-18)15-7-4-3-5-8-15/h3-5,7-8,10-11,13,16,19-21H,2,6,9,12H2,1H3/t16-,19-,20?/m0/s1. The Balaban J connectivity index is 1.77. The minimum absolute atomic E-state index is 0.238. The summed E-state index contributed by atoms with van der Waals surface area (Å²) in [6.07, 6.45) is 3.70. The van der Waals surface area contributed by atoms with Crippen molar-refractivity contribution in [3.8, 4) is 0 Å². The molecule has 2 nitrogen and oxygen atoms in total. The van der Waals surface area contributed by atoms with Crippen LogP contribution in [-0.2, 0) is 11.2 Å². The zero-order chi connectivity index (χ0) is 14.9. The van der Waals surface area contributed by atoms with E-state index in [9.17, 15) is 0 Å². The van der Waals surface area contributed by atoms with Crippen LogP contribution in [0.15, 0.2) is 48.5 Å². The number of hydrogen-bond acceptors (Lipinski definition) is 2. The van der Waals surface area contributed by atoms with E-state index in [0.717, 1.165) is 19.4 Å². The van der Waals surface area contributed by atoms with Crippen molar-refractivity contribution in [3.05, 3.63) is 65.2 Å². The van der Waals surface area contributed by atoms with Gasteiger partial charge in [-0.05, 0) is 36.5 Å². The third-order valence-corrected chi connectivity index (χ3v) is 5.10. The monoisotopic (exact) mass is 293 g/mol. The van der Waals surface area contributed by atoms with Crippen LogP contribution in [-0.4, -0.2) is 6.61 Å². The fourth-order valence-corrected chi connectivity index (χ4v) is 3.93. The zero-order valence-electron chi connectivity index (χ0n) is 13.1. The molecule has 2 aromatic carbocycles. The van der Waals surface area contributed by atoms with Crippen LogP contribution in [0.25, 0.3) is 0 Å². The fourth-order valence-electron chi connectivity index (χ4n) is 3.93. The van der Waals surface area contributed by atoms with E-state index in [1.165, 1.54) is 28.8 Å². The number of benzene rings is 2. The molecule has 4 rings (SSSR count).